The maximum Gasteiger partial charge on any atom is 0.244 e. The van der Waals surface area contributed by atoms with E-state index < -0.39 is 10.0 Å². The van der Waals surface area contributed by atoms with Crippen LogP contribution in [0.3, 0.4) is 0 Å². The van der Waals surface area contributed by atoms with Gasteiger partial charge in [-0.3, -0.25) is 0 Å². The predicted molar refractivity (Wildman–Crippen MR) is 88.1 cm³/mol. The first kappa shape index (κ1) is 16.3. The van der Waals surface area contributed by atoms with Crippen LogP contribution < -0.4 is 5.73 Å². The molecule has 0 aliphatic rings. The minimum absolute atomic E-state index is 0.0211. The molecule has 2 rings (SSSR count). The molecule has 21 heavy (non-hydrogen) atoms. The van der Waals surface area contributed by atoms with Crippen molar-refractivity contribution in [1.82, 2.24) is 9.29 Å². The first-order chi connectivity index (χ1) is 9.82. The number of nitrogens with zero attached hydrogens (tertiary/aromatic N) is 2. The molecule has 0 saturated heterocycles. The van der Waals surface area contributed by atoms with Crippen molar-refractivity contribution in [3.63, 3.8) is 0 Å². The lowest BCUT2D eigenvalue weighted by Gasteiger charge is -2.17. The number of nitrogens with two attached hydrogens (primary N) is 1. The largest absolute Gasteiger partial charge is 0.389 e. The zero-order valence-corrected chi connectivity index (χ0v) is 14.2. The van der Waals surface area contributed by atoms with E-state index in [1.165, 1.54) is 34.8 Å². The Bertz CT molecular complexity index is 760. The van der Waals surface area contributed by atoms with E-state index >= 15 is 0 Å². The molecular weight excluding hydrogens is 350 g/mol. The number of hydrogen-bond donors (Lipinski definition) is 1. The van der Waals surface area contributed by atoms with Gasteiger partial charge in [-0.05, 0) is 12.1 Å². The van der Waals surface area contributed by atoms with Crippen molar-refractivity contribution in [2.45, 2.75) is 11.4 Å². The number of thiazole rings is 1. The summed E-state index contributed by atoms with van der Waals surface area (Å²) in [7, 11) is -2.28. The lowest BCUT2D eigenvalue weighted by Crippen LogP contribution is -2.27. The van der Waals surface area contributed by atoms with Crippen molar-refractivity contribution in [3.8, 4) is 0 Å². The van der Waals surface area contributed by atoms with Gasteiger partial charge in [0.2, 0.25) is 10.0 Å². The van der Waals surface area contributed by atoms with Gasteiger partial charge in [0.15, 0.2) is 0 Å². The highest BCUT2D eigenvalue weighted by Crippen LogP contribution is 2.26. The summed E-state index contributed by atoms with van der Waals surface area (Å²) in [5.41, 5.74) is 8.31. The Hall–Kier alpha value is -1.06. The minimum atomic E-state index is -3.75. The smallest absolute Gasteiger partial charge is 0.244 e. The van der Waals surface area contributed by atoms with Crippen molar-refractivity contribution in [1.29, 1.82) is 0 Å². The second kappa shape index (κ2) is 6.37. The Labute approximate surface area is 137 Å². The van der Waals surface area contributed by atoms with Gasteiger partial charge in [-0.15, -0.1) is 11.3 Å². The van der Waals surface area contributed by atoms with E-state index in [9.17, 15) is 8.42 Å². The maximum absolute atomic E-state index is 12.6. The average molecular weight is 362 g/mol. The molecule has 1 heterocycles. The van der Waals surface area contributed by atoms with Crippen molar-refractivity contribution >= 4 is 50.2 Å². The molecule has 0 aliphatic carbocycles. The minimum Gasteiger partial charge on any atom is -0.389 e. The molecule has 0 amide bonds. The molecule has 0 spiro atoms. The molecule has 0 aliphatic heterocycles. The number of aromatic nitrogens is 1. The number of sulfonamides is 1. The van der Waals surface area contributed by atoms with E-state index in [0.717, 1.165) is 0 Å². The van der Waals surface area contributed by atoms with Crippen LogP contribution in [-0.2, 0) is 16.6 Å². The summed E-state index contributed by atoms with van der Waals surface area (Å²) in [5, 5.41) is 1.92. The molecule has 5 nitrogen and oxygen atoms in total. The summed E-state index contributed by atoms with van der Waals surface area (Å²) >= 11 is 12.3. The quantitative estimate of drug-likeness (QED) is 0.826. The molecule has 9 heteroatoms. The van der Waals surface area contributed by atoms with Crippen LogP contribution in [0.25, 0.3) is 0 Å². The number of benzene rings is 1. The Morgan fingerprint density at radius 3 is 2.81 bits per heavy atom. The van der Waals surface area contributed by atoms with E-state index in [1.54, 1.807) is 17.0 Å². The zero-order chi connectivity index (χ0) is 15.6. The van der Waals surface area contributed by atoms with Crippen molar-refractivity contribution in [2.24, 2.45) is 5.73 Å². The number of thiocarbonyl (C=S) groups is 1. The van der Waals surface area contributed by atoms with Crippen LogP contribution in [0, 0.1) is 0 Å². The molecule has 1 aromatic carbocycles. The summed E-state index contributed by atoms with van der Waals surface area (Å²) in [4.78, 5) is 4.17. The summed E-state index contributed by atoms with van der Waals surface area (Å²) in [5.74, 6) is 0. The normalized spacial score (nSPS) is 11.8. The average Bonchev–Trinajstić information content (AvgIpc) is 2.91. The summed E-state index contributed by atoms with van der Waals surface area (Å²) in [6, 6.07) is 4.45. The van der Waals surface area contributed by atoms with Gasteiger partial charge in [-0.25, -0.2) is 13.4 Å². The van der Waals surface area contributed by atoms with Gasteiger partial charge in [0, 0.05) is 18.0 Å². The monoisotopic (exact) mass is 361 g/mol. The fourth-order valence-electron chi connectivity index (χ4n) is 1.65. The van der Waals surface area contributed by atoms with Gasteiger partial charge >= 0.3 is 0 Å². The molecular formula is C12H12ClN3O2S3. The molecule has 0 fully saturated rings. The van der Waals surface area contributed by atoms with Crippen LogP contribution in [0.4, 0.5) is 0 Å². The highest BCUT2D eigenvalue weighted by Gasteiger charge is 2.24. The highest BCUT2D eigenvalue weighted by molar-refractivity contribution is 7.89. The van der Waals surface area contributed by atoms with E-state index in [0.29, 0.717) is 11.3 Å². The highest BCUT2D eigenvalue weighted by atomic mass is 35.5. The molecule has 1 aromatic heterocycles. The zero-order valence-electron chi connectivity index (χ0n) is 11.0. The van der Waals surface area contributed by atoms with Crippen LogP contribution in [0.1, 0.15) is 11.3 Å². The van der Waals surface area contributed by atoms with Gasteiger partial charge in [0.1, 0.15) is 9.88 Å². The third kappa shape index (κ3) is 3.58. The first-order valence-corrected chi connectivity index (χ1v) is 8.92. The number of rotatable bonds is 5. The second-order valence-corrected chi connectivity index (χ2v) is 7.83. The van der Waals surface area contributed by atoms with E-state index in [-0.39, 0.29) is 21.5 Å². The maximum atomic E-state index is 12.6. The van der Waals surface area contributed by atoms with E-state index in [4.69, 9.17) is 29.6 Å². The number of halogens is 1. The van der Waals surface area contributed by atoms with Gasteiger partial charge in [0.05, 0.1) is 22.8 Å². The van der Waals surface area contributed by atoms with Crippen LogP contribution in [-0.4, -0.2) is 29.7 Å². The molecule has 0 atom stereocenters. The van der Waals surface area contributed by atoms with Crippen LogP contribution >= 0.6 is 35.2 Å². The molecule has 0 unspecified atom stereocenters. The van der Waals surface area contributed by atoms with Crippen molar-refractivity contribution in [3.05, 3.63) is 45.4 Å². The standard InChI is InChI=1S/C12H12ClN3O2S3/c1-16(5-9-6-20-7-15-9)21(17,18)11-4-8(12(14)19)2-3-10(11)13/h2-4,6-7H,5H2,1H3,(H2,14,19). The van der Waals surface area contributed by atoms with Crippen LogP contribution in [0.5, 0.6) is 0 Å². The van der Waals surface area contributed by atoms with Crippen LogP contribution in [0.2, 0.25) is 5.02 Å². The van der Waals surface area contributed by atoms with Gasteiger partial charge in [-0.2, -0.15) is 4.31 Å². The molecule has 0 saturated carbocycles. The third-order valence-corrected chi connectivity index (χ3v) is 5.93. The molecule has 2 N–H and O–H groups in total. The lowest BCUT2D eigenvalue weighted by molar-refractivity contribution is 0.463. The molecule has 2 aromatic rings. The summed E-state index contributed by atoms with van der Waals surface area (Å²) in [6.45, 7) is 0.166. The van der Waals surface area contributed by atoms with Crippen molar-refractivity contribution < 1.29 is 8.42 Å². The second-order valence-electron chi connectivity index (χ2n) is 4.25. The van der Waals surface area contributed by atoms with Crippen molar-refractivity contribution in [2.75, 3.05) is 7.05 Å². The Balaban J connectivity index is 2.38. The predicted octanol–water partition coefficient (Wildman–Crippen LogP) is 2.25. The van der Waals surface area contributed by atoms with Gasteiger partial charge in [0.25, 0.3) is 0 Å². The fourth-order valence-corrected chi connectivity index (χ4v) is 3.97. The SMILES string of the molecule is CN(Cc1cscn1)S(=O)(=O)c1cc(C(N)=S)ccc1Cl. The van der Waals surface area contributed by atoms with Crippen LogP contribution in [0.15, 0.2) is 34.0 Å². The van der Waals surface area contributed by atoms with E-state index in [2.05, 4.69) is 4.98 Å². The first-order valence-electron chi connectivity index (χ1n) is 5.75. The van der Waals surface area contributed by atoms with E-state index in [1.807, 2.05) is 0 Å². The summed E-state index contributed by atoms with van der Waals surface area (Å²) in [6.07, 6.45) is 0. The third-order valence-electron chi connectivity index (χ3n) is 2.77. The van der Waals surface area contributed by atoms with Gasteiger partial charge < -0.3 is 5.73 Å². The Morgan fingerprint density at radius 2 is 2.24 bits per heavy atom. The molecule has 112 valence electrons. The fraction of sp³-hybridized carbons (Fsp3) is 0.167. The Kier molecular flexibility index (Phi) is 4.95. The number of hydrogen-bond acceptors (Lipinski definition) is 5. The summed E-state index contributed by atoms with van der Waals surface area (Å²) < 4.78 is 26.4. The lowest BCUT2D eigenvalue weighted by atomic mass is 10.2. The molecule has 0 radical (unpaired) electrons. The topological polar surface area (TPSA) is 76.3 Å². The van der Waals surface area contributed by atoms with Gasteiger partial charge in [-0.1, -0.05) is 29.9 Å². The molecule has 0 bridgehead atoms. The Morgan fingerprint density at radius 1 is 1.52 bits per heavy atom.